The molecule has 1 aliphatic rings. The minimum absolute atomic E-state index is 0.0950. The molecule has 1 N–H and O–H groups in total. The van der Waals surface area contributed by atoms with Crippen LogP contribution in [0.25, 0.3) is 0 Å². The quantitative estimate of drug-likeness (QED) is 0.862. The first-order chi connectivity index (χ1) is 11.3. The number of carbonyl (C=O) groups excluding carboxylic acids is 1. The third-order valence-electron chi connectivity index (χ3n) is 4.44. The first kappa shape index (κ1) is 17.0. The van der Waals surface area contributed by atoms with E-state index in [1.807, 2.05) is 0 Å². The number of ketones is 1. The predicted molar refractivity (Wildman–Crippen MR) is 83.7 cm³/mol. The van der Waals surface area contributed by atoms with E-state index in [9.17, 15) is 23.1 Å². The van der Waals surface area contributed by atoms with Gasteiger partial charge in [-0.15, -0.1) is 0 Å². The fraction of sp³-hybridized carbons (Fsp3) is 0.278. The van der Waals surface area contributed by atoms with Gasteiger partial charge in [0.1, 0.15) is 5.78 Å². The smallest absolute Gasteiger partial charge is 0.388 e. The van der Waals surface area contributed by atoms with Crippen molar-refractivity contribution in [2.45, 2.75) is 24.6 Å². The van der Waals surface area contributed by atoms with E-state index in [1.165, 1.54) is 12.1 Å². The molecule has 0 amide bonds. The van der Waals surface area contributed by atoms with E-state index in [2.05, 4.69) is 0 Å². The van der Waals surface area contributed by atoms with Crippen LogP contribution in [0, 0.1) is 5.92 Å². The number of carbonyl (C=O) groups is 1. The van der Waals surface area contributed by atoms with Crippen LogP contribution in [-0.2, 0) is 11.0 Å². The number of Topliss-reactive ketones (excluding diaryl/α,β-unsaturated/α-hetero) is 1. The molecule has 126 valence electrons. The van der Waals surface area contributed by atoms with Gasteiger partial charge in [0.05, 0.1) is 17.6 Å². The van der Waals surface area contributed by atoms with Gasteiger partial charge in [0, 0.05) is 17.4 Å². The number of halogens is 4. The highest BCUT2D eigenvalue weighted by atomic mass is 35.5. The number of benzene rings is 2. The zero-order valence-electron chi connectivity index (χ0n) is 12.4. The first-order valence-corrected chi connectivity index (χ1v) is 7.78. The lowest BCUT2D eigenvalue weighted by Gasteiger charge is -2.38. The van der Waals surface area contributed by atoms with Crippen molar-refractivity contribution >= 4 is 17.4 Å². The van der Waals surface area contributed by atoms with Gasteiger partial charge in [-0.2, -0.15) is 13.2 Å². The van der Waals surface area contributed by atoms with Crippen LogP contribution in [0.3, 0.4) is 0 Å². The van der Waals surface area contributed by atoms with Crippen LogP contribution in [0.1, 0.15) is 35.1 Å². The van der Waals surface area contributed by atoms with Crippen molar-refractivity contribution in [2.75, 3.05) is 0 Å². The molecular formula is C18H14ClF3O2. The van der Waals surface area contributed by atoms with Crippen molar-refractivity contribution in [3.05, 3.63) is 70.2 Å². The SMILES string of the molecule is O=C1CC(c2ccc(Cl)cc2)C1C(O)c1ccc(C(F)(F)F)cc1. The molecule has 0 heterocycles. The summed E-state index contributed by atoms with van der Waals surface area (Å²) >= 11 is 5.84. The summed E-state index contributed by atoms with van der Waals surface area (Å²) in [7, 11) is 0. The average molecular weight is 355 g/mol. The summed E-state index contributed by atoms with van der Waals surface area (Å²) < 4.78 is 37.8. The van der Waals surface area contributed by atoms with E-state index in [1.54, 1.807) is 24.3 Å². The van der Waals surface area contributed by atoms with Crippen LogP contribution in [-0.4, -0.2) is 10.9 Å². The molecule has 1 fully saturated rings. The molecular weight excluding hydrogens is 341 g/mol. The number of alkyl halides is 3. The molecule has 2 aromatic rings. The van der Waals surface area contributed by atoms with Crippen LogP contribution in [0.15, 0.2) is 48.5 Å². The Balaban J connectivity index is 1.81. The van der Waals surface area contributed by atoms with E-state index in [0.717, 1.165) is 17.7 Å². The van der Waals surface area contributed by atoms with E-state index >= 15 is 0 Å². The molecule has 0 spiro atoms. The summed E-state index contributed by atoms with van der Waals surface area (Å²) in [6, 6.07) is 11.3. The van der Waals surface area contributed by atoms with E-state index in [0.29, 0.717) is 17.0 Å². The van der Waals surface area contributed by atoms with Crippen LogP contribution in [0.4, 0.5) is 13.2 Å². The van der Waals surface area contributed by atoms with Crippen molar-refractivity contribution in [3.63, 3.8) is 0 Å². The molecule has 0 aromatic heterocycles. The standard InChI is InChI=1S/C18H14ClF3O2/c19-13-7-3-10(4-8-13)14-9-15(23)16(14)17(24)11-1-5-12(6-2-11)18(20,21)22/h1-8,14,16-17,24H,9H2. The second kappa shape index (κ2) is 6.22. The molecule has 0 saturated heterocycles. The molecule has 2 aromatic carbocycles. The second-order valence-electron chi connectivity index (χ2n) is 5.92. The van der Waals surface area contributed by atoms with Crippen molar-refractivity contribution < 1.29 is 23.1 Å². The van der Waals surface area contributed by atoms with Gasteiger partial charge in [0.2, 0.25) is 0 Å². The van der Waals surface area contributed by atoms with Crippen molar-refractivity contribution in [2.24, 2.45) is 5.92 Å². The highest BCUT2D eigenvalue weighted by Crippen LogP contribution is 2.46. The summed E-state index contributed by atoms with van der Waals surface area (Å²) in [6.45, 7) is 0. The zero-order chi connectivity index (χ0) is 17.5. The number of aliphatic hydroxyl groups is 1. The molecule has 0 aliphatic heterocycles. The number of hydrogen-bond acceptors (Lipinski definition) is 2. The number of rotatable bonds is 3. The zero-order valence-corrected chi connectivity index (χ0v) is 13.2. The van der Waals surface area contributed by atoms with Crippen LogP contribution in [0.5, 0.6) is 0 Å². The van der Waals surface area contributed by atoms with Crippen molar-refractivity contribution in [1.29, 1.82) is 0 Å². The molecule has 1 aliphatic carbocycles. The van der Waals surface area contributed by atoms with Gasteiger partial charge in [0.15, 0.2) is 0 Å². The van der Waals surface area contributed by atoms with Gasteiger partial charge < -0.3 is 5.11 Å². The Hall–Kier alpha value is -1.85. The van der Waals surface area contributed by atoms with Crippen molar-refractivity contribution in [1.82, 2.24) is 0 Å². The molecule has 24 heavy (non-hydrogen) atoms. The van der Waals surface area contributed by atoms with Gasteiger partial charge in [-0.25, -0.2) is 0 Å². The Kier molecular flexibility index (Phi) is 4.40. The summed E-state index contributed by atoms with van der Waals surface area (Å²) in [4.78, 5) is 12.0. The largest absolute Gasteiger partial charge is 0.416 e. The predicted octanol–water partition coefficient (Wildman–Crippen LogP) is 4.77. The van der Waals surface area contributed by atoms with Crippen LogP contribution >= 0.6 is 11.6 Å². The van der Waals surface area contributed by atoms with Crippen LogP contribution < -0.4 is 0 Å². The van der Waals surface area contributed by atoms with Gasteiger partial charge in [-0.1, -0.05) is 35.9 Å². The Labute approximate surface area is 141 Å². The van der Waals surface area contributed by atoms with Gasteiger partial charge in [-0.3, -0.25) is 4.79 Å². The Morgan fingerprint density at radius 1 is 1.04 bits per heavy atom. The maximum Gasteiger partial charge on any atom is 0.416 e. The molecule has 0 bridgehead atoms. The number of hydrogen-bond donors (Lipinski definition) is 1. The summed E-state index contributed by atoms with van der Waals surface area (Å²) in [5.41, 5.74) is 0.405. The highest BCUT2D eigenvalue weighted by molar-refractivity contribution is 6.30. The molecule has 0 radical (unpaired) electrons. The topological polar surface area (TPSA) is 37.3 Å². The first-order valence-electron chi connectivity index (χ1n) is 7.41. The summed E-state index contributed by atoms with van der Waals surface area (Å²) in [6.07, 6.45) is -5.25. The molecule has 3 unspecified atom stereocenters. The fourth-order valence-corrected chi connectivity index (χ4v) is 3.18. The average Bonchev–Trinajstić information content (AvgIpc) is 2.53. The third kappa shape index (κ3) is 3.19. The van der Waals surface area contributed by atoms with E-state index in [-0.39, 0.29) is 11.7 Å². The van der Waals surface area contributed by atoms with Gasteiger partial charge in [-0.05, 0) is 35.4 Å². The fourth-order valence-electron chi connectivity index (χ4n) is 3.05. The summed E-state index contributed by atoms with van der Waals surface area (Å²) in [5, 5.41) is 11.0. The van der Waals surface area contributed by atoms with Gasteiger partial charge >= 0.3 is 6.18 Å². The normalized spacial score (nSPS) is 22.1. The Morgan fingerprint density at radius 3 is 2.12 bits per heavy atom. The molecule has 6 heteroatoms. The lowest BCUT2D eigenvalue weighted by Crippen LogP contribution is -2.39. The highest BCUT2D eigenvalue weighted by Gasteiger charge is 2.45. The van der Waals surface area contributed by atoms with Gasteiger partial charge in [0.25, 0.3) is 0 Å². The Bertz CT molecular complexity index is 738. The maximum atomic E-state index is 12.6. The Morgan fingerprint density at radius 2 is 1.62 bits per heavy atom. The third-order valence-corrected chi connectivity index (χ3v) is 4.70. The van der Waals surface area contributed by atoms with E-state index < -0.39 is 23.8 Å². The monoisotopic (exact) mass is 354 g/mol. The second-order valence-corrected chi connectivity index (χ2v) is 6.36. The molecule has 3 rings (SSSR count). The minimum Gasteiger partial charge on any atom is -0.388 e. The lowest BCUT2D eigenvalue weighted by molar-refractivity contribution is -0.138. The minimum atomic E-state index is -4.43. The summed E-state index contributed by atoms with van der Waals surface area (Å²) in [5.74, 6) is -0.905. The molecule has 1 saturated carbocycles. The van der Waals surface area contributed by atoms with Crippen LogP contribution in [0.2, 0.25) is 5.02 Å². The molecule has 2 nitrogen and oxygen atoms in total. The lowest BCUT2D eigenvalue weighted by atomic mass is 9.65. The molecule has 3 atom stereocenters. The number of aliphatic hydroxyl groups excluding tert-OH is 1. The van der Waals surface area contributed by atoms with E-state index in [4.69, 9.17) is 11.6 Å². The van der Waals surface area contributed by atoms with Crippen molar-refractivity contribution in [3.8, 4) is 0 Å². The maximum absolute atomic E-state index is 12.6.